The average Bonchev–Trinajstić information content (AvgIpc) is 2.55. The molecule has 0 bridgehead atoms. The molecule has 2 saturated heterocycles. The Kier molecular flexibility index (Phi) is 51.8. The smallest absolute Gasteiger partial charge is 0.220 e. The summed E-state index contributed by atoms with van der Waals surface area (Å²) in [7, 11) is 0. The van der Waals surface area contributed by atoms with E-state index in [2.05, 4.69) is 177 Å². The van der Waals surface area contributed by atoms with E-state index in [9.17, 15) is 45.6 Å². The van der Waals surface area contributed by atoms with Crippen molar-refractivity contribution in [2.24, 2.45) is 0 Å². The fourth-order valence-corrected chi connectivity index (χ4v) is 9.74. The molecule has 14 nitrogen and oxygen atoms in total. The zero-order valence-electron chi connectivity index (χ0n) is 54.3. The molecule has 2 fully saturated rings. The maximum Gasteiger partial charge on any atom is 0.220 e. The van der Waals surface area contributed by atoms with E-state index in [0.717, 1.165) is 128 Å². The Morgan fingerprint density at radius 3 is 1.24 bits per heavy atom. The van der Waals surface area contributed by atoms with Crippen LogP contribution in [-0.4, -0.2) is 140 Å². The van der Waals surface area contributed by atoms with Crippen LogP contribution in [0.25, 0.3) is 0 Å². The van der Waals surface area contributed by atoms with Crippen molar-refractivity contribution in [3.8, 4) is 0 Å². The second-order valence-corrected chi connectivity index (χ2v) is 22.8. The molecule has 2 rings (SSSR count). The lowest BCUT2D eigenvalue weighted by Crippen LogP contribution is -2.65. The zero-order chi connectivity index (χ0) is 64.5. The van der Waals surface area contributed by atoms with Crippen LogP contribution in [0.15, 0.2) is 170 Å². The zero-order valence-corrected chi connectivity index (χ0v) is 54.3. The molecule has 12 unspecified atom stereocenters. The molecule has 0 spiro atoms. The monoisotopic (exact) mass is 1240 g/mol. The van der Waals surface area contributed by atoms with Gasteiger partial charge in [-0.1, -0.05) is 235 Å². The summed E-state index contributed by atoms with van der Waals surface area (Å²) < 4.78 is 22.8. The van der Waals surface area contributed by atoms with E-state index in [1.807, 2.05) is 6.08 Å². The van der Waals surface area contributed by atoms with Crippen LogP contribution < -0.4 is 5.32 Å². The van der Waals surface area contributed by atoms with E-state index >= 15 is 0 Å². The van der Waals surface area contributed by atoms with Gasteiger partial charge in [0.1, 0.15) is 48.8 Å². The van der Waals surface area contributed by atoms with Crippen molar-refractivity contribution >= 4 is 5.91 Å². The number of hydrogen-bond donors (Lipinski definition) is 9. The van der Waals surface area contributed by atoms with Crippen molar-refractivity contribution in [1.82, 2.24) is 5.32 Å². The highest BCUT2D eigenvalue weighted by atomic mass is 16.7. The fourth-order valence-electron chi connectivity index (χ4n) is 9.74. The van der Waals surface area contributed by atoms with Crippen LogP contribution in [0.2, 0.25) is 0 Å². The summed E-state index contributed by atoms with van der Waals surface area (Å²) in [5, 5.41) is 87.2. The van der Waals surface area contributed by atoms with Crippen molar-refractivity contribution in [2.75, 3.05) is 19.8 Å². The van der Waals surface area contributed by atoms with Gasteiger partial charge in [-0.25, -0.2) is 0 Å². The molecule has 0 aliphatic carbocycles. The highest BCUT2D eigenvalue weighted by Gasteiger charge is 2.51. The first kappa shape index (κ1) is 80.4. The minimum Gasteiger partial charge on any atom is -0.394 e. The van der Waals surface area contributed by atoms with Crippen molar-refractivity contribution in [3.63, 3.8) is 0 Å². The Labute approximate surface area is 537 Å². The number of nitrogens with one attached hydrogen (secondary N) is 1. The maximum atomic E-state index is 13.3. The highest BCUT2D eigenvalue weighted by Crippen LogP contribution is 2.30. The summed E-state index contributed by atoms with van der Waals surface area (Å²) in [6, 6.07) is -0.962. The molecule has 2 aliphatic rings. The van der Waals surface area contributed by atoms with Gasteiger partial charge in [-0.3, -0.25) is 4.79 Å². The van der Waals surface area contributed by atoms with E-state index in [-0.39, 0.29) is 18.9 Å². The number of unbranched alkanes of at least 4 members (excludes halogenated alkanes) is 13. The summed E-state index contributed by atoms with van der Waals surface area (Å²) in [4.78, 5) is 13.3. The number of rotatable bonds is 52. The molecular weight excluding hydrogens is 1120 g/mol. The second kappa shape index (κ2) is 57.3. The van der Waals surface area contributed by atoms with Gasteiger partial charge in [0.15, 0.2) is 12.6 Å². The van der Waals surface area contributed by atoms with Crippen LogP contribution >= 0.6 is 0 Å². The van der Waals surface area contributed by atoms with Gasteiger partial charge in [0.25, 0.3) is 0 Å². The Balaban J connectivity index is 1.68. The van der Waals surface area contributed by atoms with Gasteiger partial charge in [0.05, 0.1) is 32.0 Å². The number of amides is 1. The summed E-state index contributed by atoms with van der Waals surface area (Å²) in [5.41, 5.74) is 0. The first-order chi connectivity index (χ1) is 43.6. The van der Waals surface area contributed by atoms with Crippen molar-refractivity contribution in [3.05, 3.63) is 170 Å². The van der Waals surface area contributed by atoms with Gasteiger partial charge in [0, 0.05) is 6.42 Å². The Morgan fingerprint density at radius 1 is 0.416 bits per heavy atom. The topological polar surface area (TPSA) is 228 Å². The van der Waals surface area contributed by atoms with E-state index in [0.29, 0.717) is 12.8 Å². The standard InChI is InChI=1S/C75H119NO13/c1-3-5-7-9-11-13-15-17-19-21-22-23-24-25-26-27-28-29-30-31-32-33-34-35-36-37-38-39-40-41-42-43-45-47-49-51-53-55-57-59-67(80)76-63(64(79)58-56-54-52-50-48-46-44-20-18-16-14-12-10-8-6-4-2)62-86-74-72(85)70(83)73(66(61-78)88-74)89-75-71(84)69(82)68(81)65(60-77)87-75/h5,7,11,13,17-20,22-23,25-26,28-29,31-32,34-35,37-38,40-41,43,45,48,50,56,58,63-66,68-75,77-79,81-85H,3-4,6,8-10,12,14-16,21,24,27,30,33,36,39,42,44,46-47,49,51-55,57,59-62H2,1-2H3,(H,76,80)/b7-5-,13-11-,19-17-,20-18+,23-22-,26-25-,29-28-,32-31-,35-34-,38-37-,41-40-,45-43-,50-48+,58-56+. The summed E-state index contributed by atoms with van der Waals surface area (Å²) in [5.74, 6) is -0.281. The third-order valence-electron chi connectivity index (χ3n) is 15.1. The lowest BCUT2D eigenvalue weighted by atomic mass is 9.97. The van der Waals surface area contributed by atoms with E-state index in [4.69, 9.17) is 18.9 Å². The highest BCUT2D eigenvalue weighted by molar-refractivity contribution is 5.76. The molecule has 502 valence electrons. The molecule has 0 aromatic rings. The van der Waals surface area contributed by atoms with Crippen molar-refractivity contribution < 1.29 is 64.6 Å². The van der Waals surface area contributed by atoms with Gasteiger partial charge in [-0.15, -0.1) is 0 Å². The fraction of sp³-hybridized carbons (Fsp3) is 0.613. The molecule has 0 saturated carbocycles. The molecule has 12 atom stereocenters. The van der Waals surface area contributed by atoms with Crippen LogP contribution in [0, 0.1) is 0 Å². The van der Waals surface area contributed by atoms with Crippen molar-refractivity contribution in [2.45, 2.75) is 274 Å². The minimum atomic E-state index is -1.80. The number of aliphatic hydroxyl groups is 8. The normalized spacial score (nSPS) is 24.2. The number of hydrogen-bond acceptors (Lipinski definition) is 13. The average molecular weight is 1240 g/mol. The minimum absolute atomic E-state index is 0.235. The SMILES string of the molecule is CC/C=C\C/C=C\C/C=C\C/C=C\C/C=C\C/C=C\C/C=C\C/C=C\C/C=C\C/C=C\C/C=C\CCCCCCCC(=O)NC(COC1OC(CO)C(OC2OC(CO)C(O)C(O)C2O)C(O)C1O)C(O)/C=C/CC/C=C/CC/C=C/CCCCCCCC. The number of aliphatic hydroxyl groups excluding tert-OH is 8. The quantitative estimate of drug-likeness (QED) is 0.0204. The summed E-state index contributed by atoms with van der Waals surface area (Å²) in [6.07, 6.45) is 72.6. The lowest BCUT2D eigenvalue weighted by molar-refractivity contribution is -0.359. The predicted octanol–water partition coefficient (Wildman–Crippen LogP) is 13.6. The van der Waals surface area contributed by atoms with E-state index in [1.165, 1.54) is 38.5 Å². The number of carbonyl (C=O) groups excluding carboxylic acids is 1. The molecular formula is C75H119NO13. The Bertz CT molecular complexity index is 2150. The number of ether oxygens (including phenoxy) is 4. The Hall–Kier alpha value is -4.65. The predicted molar refractivity (Wildman–Crippen MR) is 363 cm³/mol. The third-order valence-corrected chi connectivity index (χ3v) is 15.1. The van der Waals surface area contributed by atoms with Crippen molar-refractivity contribution in [1.29, 1.82) is 0 Å². The lowest BCUT2D eigenvalue weighted by Gasteiger charge is -2.46. The van der Waals surface area contributed by atoms with E-state index in [1.54, 1.807) is 6.08 Å². The second-order valence-electron chi connectivity index (χ2n) is 22.8. The van der Waals surface area contributed by atoms with Crippen LogP contribution in [0.4, 0.5) is 0 Å². The van der Waals surface area contributed by atoms with Gasteiger partial charge in [-0.05, 0) is 128 Å². The molecule has 14 heteroatoms. The summed E-state index contributed by atoms with van der Waals surface area (Å²) >= 11 is 0. The number of allylic oxidation sites excluding steroid dienone is 27. The Morgan fingerprint density at radius 2 is 0.787 bits per heavy atom. The summed E-state index contributed by atoms with van der Waals surface area (Å²) in [6.45, 7) is 2.61. The molecule has 2 aliphatic heterocycles. The number of carbonyl (C=O) groups is 1. The van der Waals surface area contributed by atoms with Crippen LogP contribution in [-0.2, 0) is 23.7 Å². The van der Waals surface area contributed by atoms with E-state index < -0.39 is 86.8 Å². The largest absolute Gasteiger partial charge is 0.394 e. The molecule has 1 amide bonds. The van der Waals surface area contributed by atoms with Gasteiger partial charge < -0.3 is 65.1 Å². The van der Waals surface area contributed by atoms with Gasteiger partial charge >= 0.3 is 0 Å². The van der Waals surface area contributed by atoms with Gasteiger partial charge in [0.2, 0.25) is 5.91 Å². The van der Waals surface area contributed by atoms with Crippen LogP contribution in [0.5, 0.6) is 0 Å². The van der Waals surface area contributed by atoms with Gasteiger partial charge in [-0.2, -0.15) is 0 Å². The first-order valence-corrected chi connectivity index (χ1v) is 33.9. The third kappa shape index (κ3) is 41.5. The molecule has 9 N–H and O–H groups in total. The van der Waals surface area contributed by atoms with Crippen LogP contribution in [0.3, 0.4) is 0 Å². The molecule has 0 aromatic heterocycles. The van der Waals surface area contributed by atoms with Crippen LogP contribution in [0.1, 0.15) is 200 Å². The molecule has 2 heterocycles. The first-order valence-electron chi connectivity index (χ1n) is 33.9. The molecule has 89 heavy (non-hydrogen) atoms. The molecule has 0 radical (unpaired) electrons. The maximum absolute atomic E-state index is 13.3. The molecule has 0 aromatic carbocycles.